The molecule has 0 spiro atoms. The molecule has 0 aliphatic rings. The summed E-state index contributed by atoms with van der Waals surface area (Å²) >= 11 is 0. The normalized spacial score (nSPS) is 12.5. The van der Waals surface area contributed by atoms with E-state index in [1.54, 1.807) is 25.8 Å². The van der Waals surface area contributed by atoms with E-state index in [9.17, 15) is 8.78 Å². The fourth-order valence-corrected chi connectivity index (χ4v) is 2.35. The van der Waals surface area contributed by atoms with Crippen molar-refractivity contribution in [3.8, 4) is 5.88 Å². The number of nitrogens with one attached hydrogen (secondary N) is 1. The van der Waals surface area contributed by atoms with Crippen molar-refractivity contribution in [2.45, 2.75) is 26.4 Å². The number of methoxy groups -OCH3 is 1. The van der Waals surface area contributed by atoms with Crippen molar-refractivity contribution in [3.63, 3.8) is 0 Å². The van der Waals surface area contributed by atoms with E-state index < -0.39 is 11.6 Å². The molecule has 0 amide bonds. The molecule has 1 aromatic heterocycles. The minimum Gasteiger partial charge on any atom is -0.481 e. The van der Waals surface area contributed by atoms with Crippen LogP contribution in [0.4, 0.5) is 8.78 Å². The second kappa shape index (κ2) is 6.22. The summed E-state index contributed by atoms with van der Waals surface area (Å²) in [6.45, 7) is 4.13. The van der Waals surface area contributed by atoms with Crippen molar-refractivity contribution >= 4 is 0 Å². The van der Waals surface area contributed by atoms with Gasteiger partial charge in [0, 0.05) is 25.2 Å². The van der Waals surface area contributed by atoms with Crippen molar-refractivity contribution in [1.29, 1.82) is 0 Å². The van der Waals surface area contributed by atoms with Crippen molar-refractivity contribution in [1.82, 2.24) is 15.1 Å². The second-order valence-corrected chi connectivity index (χ2v) is 4.97. The zero-order valence-corrected chi connectivity index (χ0v) is 12.6. The molecule has 1 N–H and O–H groups in total. The van der Waals surface area contributed by atoms with Crippen LogP contribution in [0.3, 0.4) is 0 Å². The van der Waals surface area contributed by atoms with Gasteiger partial charge in [0.1, 0.15) is 11.6 Å². The van der Waals surface area contributed by atoms with Crippen LogP contribution < -0.4 is 10.1 Å². The van der Waals surface area contributed by atoms with Crippen LogP contribution in [0.5, 0.6) is 5.88 Å². The topological polar surface area (TPSA) is 39.1 Å². The third-order valence-corrected chi connectivity index (χ3v) is 3.49. The summed E-state index contributed by atoms with van der Waals surface area (Å²) in [5.41, 5.74) is 2.05. The Hall–Kier alpha value is -1.95. The smallest absolute Gasteiger partial charge is 0.216 e. The Morgan fingerprint density at radius 3 is 2.76 bits per heavy atom. The maximum absolute atomic E-state index is 13.7. The van der Waals surface area contributed by atoms with Gasteiger partial charge in [0.2, 0.25) is 5.88 Å². The van der Waals surface area contributed by atoms with Crippen LogP contribution in [0.25, 0.3) is 0 Å². The van der Waals surface area contributed by atoms with Gasteiger partial charge in [-0.3, -0.25) is 0 Å². The summed E-state index contributed by atoms with van der Waals surface area (Å²) in [7, 11) is 3.38. The highest BCUT2D eigenvalue weighted by Gasteiger charge is 2.16. The lowest BCUT2D eigenvalue weighted by Gasteiger charge is -2.15. The Bertz CT molecular complexity index is 640. The number of ether oxygens (including phenoxy) is 1. The predicted molar refractivity (Wildman–Crippen MR) is 76.1 cm³/mol. The SMILES string of the molecule is COc1c(CNC(C)c2cc(F)ccc2F)c(C)nn1C. The highest BCUT2D eigenvalue weighted by molar-refractivity contribution is 5.31. The molecule has 4 nitrogen and oxygen atoms in total. The molecule has 114 valence electrons. The lowest BCUT2D eigenvalue weighted by Crippen LogP contribution is -2.20. The molecule has 21 heavy (non-hydrogen) atoms. The number of benzene rings is 1. The number of rotatable bonds is 5. The van der Waals surface area contributed by atoms with Gasteiger partial charge in [-0.25, -0.2) is 13.5 Å². The van der Waals surface area contributed by atoms with E-state index in [2.05, 4.69) is 10.4 Å². The first kappa shape index (κ1) is 15.4. The van der Waals surface area contributed by atoms with Crippen molar-refractivity contribution < 1.29 is 13.5 Å². The van der Waals surface area contributed by atoms with Crippen molar-refractivity contribution in [2.75, 3.05) is 7.11 Å². The van der Waals surface area contributed by atoms with Crippen LogP contribution in [0.2, 0.25) is 0 Å². The summed E-state index contributed by atoms with van der Waals surface area (Å²) in [4.78, 5) is 0. The number of aromatic nitrogens is 2. The van der Waals surface area contributed by atoms with Crippen LogP contribution in [0.15, 0.2) is 18.2 Å². The van der Waals surface area contributed by atoms with Gasteiger partial charge in [0.05, 0.1) is 18.4 Å². The van der Waals surface area contributed by atoms with Crippen LogP contribution in [-0.4, -0.2) is 16.9 Å². The maximum atomic E-state index is 13.7. The highest BCUT2D eigenvalue weighted by Crippen LogP contribution is 2.23. The number of halogens is 2. The molecule has 0 aliphatic heterocycles. The summed E-state index contributed by atoms with van der Waals surface area (Å²) < 4.78 is 33.9. The Kier molecular flexibility index (Phi) is 4.57. The first-order valence-electron chi connectivity index (χ1n) is 6.68. The fraction of sp³-hybridized carbons (Fsp3) is 0.400. The molecular weight excluding hydrogens is 276 g/mol. The molecular formula is C15H19F2N3O. The first-order chi connectivity index (χ1) is 9.93. The molecule has 0 bridgehead atoms. The quantitative estimate of drug-likeness (QED) is 0.922. The van der Waals surface area contributed by atoms with E-state index in [1.807, 2.05) is 6.92 Å². The molecule has 6 heteroatoms. The lowest BCUT2D eigenvalue weighted by atomic mass is 10.1. The summed E-state index contributed by atoms with van der Waals surface area (Å²) in [5, 5.41) is 7.45. The molecule has 2 rings (SSSR count). The number of aryl methyl sites for hydroxylation is 2. The average molecular weight is 295 g/mol. The molecule has 0 saturated heterocycles. The summed E-state index contributed by atoms with van der Waals surface area (Å²) in [6.07, 6.45) is 0. The maximum Gasteiger partial charge on any atom is 0.216 e. The molecule has 2 aromatic rings. The predicted octanol–water partition coefficient (Wildman–Crippen LogP) is 2.87. The second-order valence-electron chi connectivity index (χ2n) is 4.97. The van der Waals surface area contributed by atoms with Gasteiger partial charge < -0.3 is 10.1 Å². The van der Waals surface area contributed by atoms with Crippen molar-refractivity contribution in [3.05, 3.63) is 46.7 Å². The van der Waals surface area contributed by atoms with Crippen LogP contribution >= 0.6 is 0 Å². The number of hydrogen-bond acceptors (Lipinski definition) is 3. The molecule has 1 aromatic carbocycles. The summed E-state index contributed by atoms with van der Waals surface area (Å²) in [5.74, 6) is -0.214. The standard InChI is InChI=1S/C15H19F2N3O/c1-9(12-7-11(16)5-6-14(12)17)18-8-13-10(2)19-20(3)15(13)21-4/h5-7,9,18H,8H2,1-4H3. The molecule has 0 aliphatic carbocycles. The van der Waals surface area contributed by atoms with E-state index in [1.165, 1.54) is 6.07 Å². The minimum atomic E-state index is -0.449. The van der Waals surface area contributed by atoms with Gasteiger partial charge >= 0.3 is 0 Å². The molecule has 0 saturated carbocycles. The lowest BCUT2D eigenvalue weighted by molar-refractivity contribution is 0.367. The Morgan fingerprint density at radius 1 is 1.38 bits per heavy atom. The molecule has 1 heterocycles. The third kappa shape index (κ3) is 3.21. The van der Waals surface area contributed by atoms with Gasteiger partial charge in [0.25, 0.3) is 0 Å². The minimum absolute atomic E-state index is 0.301. The first-order valence-corrected chi connectivity index (χ1v) is 6.68. The molecule has 0 fully saturated rings. The van der Waals surface area contributed by atoms with Crippen LogP contribution in [0, 0.1) is 18.6 Å². The van der Waals surface area contributed by atoms with E-state index in [4.69, 9.17) is 4.74 Å². The van der Waals surface area contributed by atoms with Crippen LogP contribution in [0.1, 0.15) is 29.8 Å². The Labute approximate surface area is 122 Å². The molecule has 0 radical (unpaired) electrons. The Balaban J connectivity index is 2.14. The van der Waals surface area contributed by atoms with Gasteiger partial charge in [-0.05, 0) is 32.0 Å². The van der Waals surface area contributed by atoms with Gasteiger partial charge in [0.15, 0.2) is 0 Å². The average Bonchev–Trinajstić information content (AvgIpc) is 2.72. The van der Waals surface area contributed by atoms with E-state index in [0.29, 0.717) is 18.0 Å². The largest absolute Gasteiger partial charge is 0.481 e. The monoisotopic (exact) mass is 295 g/mol. The van der Waals surface area contributed by atoms with E-state index in [0.717, 1.165) is 23.4 Å². The molecule has 1 atom stereocenters. The van der Waals surface area contributed by atoms with Crippen molar-refractivity contribution in [2.24, 2.45) is 7.05 Å². The zero-order valence-electron chi connectivity index (χ0n) is 12.6. The third-order valence-electron chi connectivity index (χ3n) is 3.49. The zero-order chi connectivity index (χ0) is 15.6. The summed E-state index contributed by atoms with van der Waals surface area (Å²) in [6, 6.07) is 3.13. The van der Waals surface area contributed by atoms with Gasteiger partial charge in [-0.1, -0.05) is 0 Å². The van der Waals surface area contributed by atoms with Gasteiger partial charge in [-0.2, -0.15) is 5.10 Å². The van der Waals surface area contributed by atoms with E-state index in [-0.39, 0.29) is 6.04 Å². The number of nitrogens with zero attached hydrogens (tertiary/aromatic N) is 2. The Morgan fingerprint density at radius 2 is 2.10 bits per heavy atom. The number of hydrogen-bond donors (Lipinski definition) is 1. The highest BCUT2D eigenvalue weighted by atomic mass is 19.1. The molecule has 1 unspecified atom stereocenters. The fourth-order valence-electron chi connectivity index (χ4n) is 2.35. The van der Waals surface area contributed by atoms with E-state index >= 15 is 0 Å². The van der Waals surface area contributed by atoms with Crippen LogP contribution in [-0.2, 0) is 13.6 Å². The van der Waals surface area contributed by atoms with Gasteiger partial charge in [-0.15, -0.1) is 0 Å².